The molecule has 0 saturated heterocycles. The molecule has 0 spiro atoms. The lowest BCUT2D eigenvalue weighted by Gasteiger charge is -2.20. The number of fused-ring (bicyclic) bond motifs is 1. The minimum absolute atomic E-state index is 0.0526. The van der Waals surface area contributed by atoms with Crippen LogP contribution in [0.4, 0.5) is 0 Å². The van der Waals surface area contributed by atoms with Crippen molar-refractivity contribution >= 4 is 21.6 Å². The summed E-state index contributed by atoms with van der Waals surface area (Å²) in [5.74, 6) is 0.958. The fraction of sp³-hybridized carbons (Fsp3) is 0.294. The van der Waals surface area contributed by atoms with Crippen molar-refractivity contribution < 1.29 is 22.6 Å². The van der Waals surface area contributed by atoms with Gasteiger partial charge in [-0.1, -0.05) is 29.8 Å². The highest BCUT2D eigenvalue weighted by Gasteiger charge is 2.22. The zero-order valence-corrected chi connectivity index (χ0v) is 15.1. The molecule has 1 aliphatic heterocycles. The van der Waals surface area contributed by atoms with Crippen LogP contribution >= 0.6 is 11.6 Å². The Morgan fingerprint density at radius 1 is 1.16 bits per heavy atom. The normalized spacial score (nSPS) is 15.0. The number of nitrogens with one attached hydrogen (secondary N) is 1. The summed E-state index contributed by atoms with van der Waals surface area (Å²) >= 11 is 6.16. The number of benzene rings is 2. The number of ether oxygens (including phenoxy) is 3. The van der Waals surface area contributed by atoms with Gasteiger partial charge in [-0.2, -0.15) is 0 Å². The van der Waals surface area contributed by atoms with E-state index in [9.17, 15) is 8.42 Å². The lowest BCUT2D eigenvalue weighted by molar-refractivity contribution is 0.107. The van der Waals surface area contributed by atoms with Gasteiger partial charge >= 0.3 is 0 Å². The first-order chi connectivity index (χ1) is 12.0. The second-order valence-corrected chi connectivity index (χ2v) is 7.58. The van der Waals surface area contributed by atoms with Gasteiger partial charge in [-0.05, 0) is 18.2 Å². The van der Waals surface area contributed by atoms with Crippen molar-refractivity contribution in [3.63, 3.8) is 0 Å². The Morgan fingerprint density at radius 2 is 1.88 bits per heavy atom. The first-order valence-corrected chi connectivity index (χ1v) is 9.54. The van der Waals surface area contributed by atoms with Crippen LogP contribution in [0.15, 0.2) is 47.4 Å². The molecule has 0 radical (unpaired) electrons. The van der Waals surface area contributed by atoms with Crippen LogP contribution < -0.4 is 14.2 Å². The second kappa shape index (κ2) is 7.61. The maximum atomic E-state index is 12.6. The summed E-state index contributed by atoms with van der Waals surface area (Å²) in [6.07, 6.45) is -0.499. The molecule has 6 nitrogen and oxygen atoms in total. The van der Waals surface area contributed by atoms with Crippen molar-refractivity contribution in [3.8, 4) is 11.5 Å². The van der Waals surface area contributed by atoms with Crippen LogP contribution in [0.25, 0.3) is 0 Å². The van der Waals surface area contributed by atoms with E-state index >= 15 is 0 Å². The molecule has 0 aliphatic carbocycles. The van der Waals surface area contributed by atoms with E-state index in [1.165, 1.54) is 19.2 Å². The Hall–Kier alpha value is -1.80. The van der Waals surface area contributed by atoms with Gasteiger partial charge in [0.05, 0.1) is 11.0 Å². The Morgan fingerprint density at radius 3 is 2.60 bits per heavy atom. The quantitative estimate of drug-likeness (QED) is 0.830. The van der Waals surface area contributed by atoms with Gasteiger partial charge in [-0.15, -0.1) is 0 Å². The predicted molar refractivity (Wildman–Crippen MR) is 93.8 cm³/mol. The van der Waals surface area contributed by atoms with E-state index in [4.69, 9.17) is 25.8 Å². The number of rotatable bonds is 6. The fourth-order valence-corrected chi connectivity index (χ4v) is 3.82. The first-order valence-electron chi connectivity index (χ1n) is 7.68. The van der Waals surface area contributed by atoms with E-state index in [1.54, 1.807) is 24.3 Å². The SMILES string of the molecule is CO[C@H](CNS(=O)(=O)c1ccc2c(c1)OCCO2)c1ccccc1Cl. The van der Waals surface area contributed by atoms with Gasteiger partial charge < -0.3 is 14.2 Å². The van der Waals surface area contributed by atoms with Crippen LogP contribution in [-0.4, -0.2) is 35.3 Å². The molecule has 134 valence electrons. The second-order valence-electron chi connectivity index (χ2n) is 5.40. The number of sulfonamides is 1. The number of hydrogen-bond donors (Lipinski definition) is 1. The number of halogens is 1. The van der Waals surface area contributed by atoms with Crippen LogP contribution in [0.2, 0.25) is 5.02 Å². The first kappa shape index (κ1) is 18.0. The zero-order chi connectivity index (χ0) is 17.9. The minimum Gasteiger partial charge on any atom is -0.486 e. The molecule has 2 aromatic carbocycles. The van der Waals surface area contributed by atoms with Crippen molar-refractivity contribution in [1.29, 1.82) is 0 Å². The van der Waals surface area contributed by atoms with E-state index < -0.39 is 16.1 Å². The van der Waals surface area contributed by atoms with Gasteiger partial charge in [0.15, 0.2) is 11.5 Å². The third-order valence-electron chi connectivity index (χ3n) is 3.82. The molecule has 1 N–H and O–H groups in total. The van der Waals surface area contributed by atoms with E-state index in [2.05, 4.69) is 4.72 Å². The fourth-order valence-electron chi connectivity index (χ4n) is 2.52. The zero-order valence-electron chi connectivity index (χ0n) is 13.6. The molecule has 25 heavy (non-hydrogen) atoms. The van der Waals surface area contributed by atoms with Crippen LogP contribution in [0.3, 0.4) is 0 Å². The van der Waals surface area contributed by atoms with Gasteiger partial charge in [0.2, 0.25) is 10.0 Å². The maximum absolute atomic E-state index is 12.6. The lowest BCUT2D eigenvalue weighted by Crippen LogP contribution is -2.29. The van der Waals surface area contributed by atoms with Crippen LogP contribution in [0.1, 0.15) is 11.7 Å². The molecule has 8 heteroatoms. The van der Waals surface area contributed by atoms with Gasteiger partial charge in [0, 0.05) is 30.3 Å². The highest BCUT2D eigenvalue weighted by atomic mass is 35.5. The van der Waals surface area contributed by atoms with Crippen LogP contribution in [-0.2, 0) is 14.8 Å². The third-order valence-corrected chi connectivity index (χ3v) is 5.58. The summed E-state index contributed by atoms with van der Waals surface area (Å²) < 4.78 is 43.9. The number of hydrogen-bond acceptors (Lipinski definition) is 5. The Kier molecular flexibility index (Phi) is 5.48. The largest absolute Gasteiger partial charge is 0.486 e. The smallest absolute Gasteiger partial charge is 0.240 e. The lowest BCUT2D eigenvalue weighted by atomic mass is 10.1. The Balaban J connectivity index is 1.76. The minimum atomic E-state index is -3.73. The summed E-state index contributed by atoms with van der Waals surface area (Å²) in [4.78, 5) is 0.103. The molecule has 0 saturated carbocycles. The number of methoxy groups -OCH3 is 1. The Bertz CT molecular complexity index is 856. The third kappa shape index (κ3) is 4.07. The molecule has 0 fully saturated rings. The van der Waals surface area contributed by atoms with Gasteiger partial charge in [-0.3, -0.25) is 0 Å². The molecule has 0 bridgehead atoms. The van der Waals surface area contributed by atoms with E-state index in [-0.39, 0.29) is 11.4 Å². The summed E-state index contributed by atoms with van der Waals surface area (Å²) in [6, 6.07) is 11.7. The maximum Gasteiger partial charge on any atom is 0.240 e. The summed E-state index contributed by atoms with van der Waals surface area (Å²) in [5.41, 5.74) is 0.719. The van der Waals surface area contributed by atoms with Crippen molar-refractivity contribution in [2.75, 3.05) is 26.9 Å². The Labute approximate surface area is 151 Å². The molecule has 3 rings (SSSR count). The molecule has 0 unspecified atom stereocenters. The van der Waals surface area contributed by atoms with Crippen molar-refractivity contribution in [1.82, 2.24) is 4.72 Å². The molecule has 1 atom stereocenters. The summed E-state index contributed by atoms with van der Waals surface area (Å²) in [5, 5.41) is 0.521. The molecular weight excluding hydrogens is 366 g/mol. The summed E-state index contributed by atoms with van der Waals surface area (Å²) in [6.45, 7) is 0.893. The van der Waals surface area contributed by atoms with Crippen molar-refractivity contribution in [2.24, 2.45) is 0 Å². The van der Waals surface area contributed by atoms with Gasteiger partial charge in [0.25, 0.3) is 0 Å². The van der Waals surface area contributed by atoms with Crippen molar-refractivity contribution in [3.05, 3.63) is 53.1 Å². The standard InChI is InChI=1S/C17H18ClNO5S/c1-22-17(13-4-2-3-5-14(13)18)11-19-25(20,21)12-6-7-15-16(10-12)24-9-8-23-15/h2-7,10,17,19H,8-9,11H2,1H3/t17-/m1/s1. The molecule has 1 heterocycles. The highest BCUT2D eigenvalue weighted by molar-refractivity contribution is 7.89. The summed E-state index contributed by atoms with van der Waals surface area (Å²) in [7, 11) is -2.22. The molecular formula is C17H18ClNO5S. The van der Waals surface area contributed by atoms with Gasteiger partial charge in [-0.25, -0.2) is 13.1 Å². The average Bonchev–Trinajstić information content (AvgIpc) is 2.63. The van der Waals surface area contributed by atoms with Crippen LogP contribution in [0.5, 0.6) is 11.5 Å². The molecule has 1 aliphatic rings. The van der Waals surface area contributed by atoms with Crippen LogP contribution in [0, 0.1) is 0 Å². The van der Waals surface area contributed by atoms with Crippen molar-refractivity contribution in [2.45, 2.75) is 11.0 Å². The van der Waals surface area contributed by atoms with E-state index in [1.807, 2.05) is 6.07 Å². The molecule has 0 aromatic heterocycles. The average molecular weight is 384 g/mol. The highest BCUT2D eigenvalue weighted by Crippen LogP contribution is 2.32. The molecule has 0 amide bonds. The van der Waals surface area contributed by atoms with E-state index in [0.717, 1.165) is 5.56 Å². The predicted octanol–water partition coefficient (Wildman–Crippen LogP) is 2.78. The monoisotopic (exact) mass is 383 g/mol. The topological polar surface area (TPSA) is 73.9 Å². The van der Waals surface area contributed by atoms with Gasteiger partial charge in [0.1, 0.15) is 13.2 Å². The van der Waals surface area contributed by atoms with E-state index in [0.29, 0.717) is 29.7 Å². The molecule has 2 aromatic rings.